The second-order valence-corrected chi connectivity index (χ2v) is 4.32. The lowest BCUT2D eigenvalue weighted by Crippen LogP contribution is -2.26. The number of benzene rings is 1. The summed E-state index contributed by atoms with van der Waals surface area (Å²) in [4.78, 5) is 15.9. The van der Waals surface area contributed by atoms with Crippen LogP contribution in [0, 0.1) is 5.82 Å². The van der Waals surface area contributed by atoms with Gasteiger partial charge in [-0.1, -0.05) is 6.07 Å². The molecule has 20 heavy (non-hydrogen) atoms. The Hall–Kier alpha value is -2.37. The molecule has 1 aromatic heterocycles. The molecule has 6 heteroatoms. The number of para-hydroxylation sites is 1. The Morgan fingerprint density at radius 2 is 2.30 bits per heavy atom. The van der Waals surface area contributed by atoms with E-state index in [1.54, 1.807) is 25.6 Å². The number of aryl methyl sites for hydroxylation is 1. The molecule has 1 aromatic carbocycles. The van der Waals surface area contributed by atoms with Crippen LogP contribution in [0.15, 0.2) is 36.9 Å². The maximum Gasteiger partial charge on any atom is 0.253 e. The Bertz CT molecular complexity index is 569. The number of nitrogens with zero attached hydrogens (tertiary/aromatic N) is 2. The molecule has 0 aliphatic carbocycles. The topological polar surface area (TPSA) is 59.0 Å². The number of anilines is 1. The summed E-state index contributed by atoms with van der Waals surface area (Å²) in [7, 11) is 1.59. The van der Waals surface area contributed by atoms with Crippen molar-refractivity contribution in [3.05, 3.63) is 48.3 Å². The number of hydrogen-bond donors (Lipinski definition) is 2. The van der Waals surface area contributed by atoms with Crippen LogP contribution in [0.25, 0.3) is 0 Å². The van der Waals surface area contributed by atoms with Crippen molar-refractivity contribution in [1.29, 1.82) is 0 Å². The van der Waals surface area contributed by atoms with E-state index in [0.717, 1.165) is 13.0 Å². The minimum Gasteiger partial charge on any atom is -0.385 e. The first kappa shape index (κ1) is 14.0. The van der Waals surface area contributed by atoms with Crippen molar-refractivity contribution in [2.75, 3.05) is 18.9 Å². The minimum atomic E-state index is -0.432. The maximum atomic E-state index is 13.5. The molecule has 0 fully saturated rings. The zero-order chi connectivity index (χ0) is 14.4. The van der Waals surface area contributed by atoms with E-state index in [4.69, 9.17) is 0 Å². The van der Waals surface area contributed by atoms with Crippen LogP contribution in [0.5, 0.6) is 0 Å². The fourth-order valence-electron chi connectivity index (χ4n) is 1.95. The monoisotopic (exact) mass is 276 g/mol. The van der Waals surface area contributed by atoms with Gasteiger partial charge in [-0.2, -0.15) is 0 Å². The fraction of sp³-hybridized carbons (Fsp3) is 0.286. The summed E-state index contributed by atoms with van der Waals surface area (Å²) in [6.45, 7) is 1.30. The van der Waals surface area contributed by atoms with Crippen molar-refractivity contribution in [3.63, 3.8) is 0 Å². The third-order valence-corrected chi connectivity index (χ3v) is 2.95. The van der Waals surface area contributed by atoms with Gasteiger partial charge in [0, 0.05) is 32.5 Å². The van der Waals surface area contributed by atoms with E-state index in [9.17, 15) is 9.18 Å². The van der Waals surface area contributed by atoms with Gasteiger partial charge in [0.25, 0.3) is 5.91 Å². The van der Waals surface area contributed by atoms with Crippen molar-refractivity contribution in [1.82, 2.24) is 14.9 Å². The van der Waals surface area contributed by atoms with Gasteiger partial charge in [0.1, 0.15) is 5.82 Å². The number of carbonyl (C=O) groups excluding carboxylic acids is 1. The molecule has 0 spiro atoms. The molecule has 1 heterocycles. The predicted molar refractivity (Wildman–Crippen MR) is 75.1 cm³/mol. The SMILES string of the molecule is CNc1c(F)cccc1C(=O)NCCCn1ccnc1. The molecule has 0 saturated carbocycles. The highest BCUT2D eigenvalue weighted by Crippen LogP contribution is 2.18. The third-order valence-electron chi connectivity index (χ3n) is 2.95. The van der Waals surface area contributed by atoms with Crippen molar-refractivity contribution in [2.24, 2.45) is 0 Å². The molecule has 2 aromatic rings. The van der Waals surface area contributed by atoms with Gasteiger partial charge < -0.3 is 15.2 Å². The molecule has 2 rings (SSSR count). The highest BCUT2D eigenvalue weighted by atomic mass is 19.1. The molecule has 2 N–H and O–H groups in total. The van der Waals surface area contributed by atoms with Crippen molar-refractivity contribution < 1.29 is 9.18 Å². The van der Waals surface area contributed by atoms with Gasteiger partial charge >= 0.3 is 0 Å². The third kappa shape index (κ3) is 3.34. The molecule has 0 bridgehead atoms. The number of hydrogen-bond acceptors (Lipinski definition) is 3. The lowest BCUT2D eigenvalue weighted by atomic mass is 10.1. The standard InChI is InChI=1S/C14H17FN4O/c1-16-13-11(4-2-5-12(13)15)14(20)18-6-3-8-19-9-7-17-10-19/h2,4-5,7,9-10,16H,3,6,8H2,1H3,(H,18,20). The Balaban J connectivity index is 1.87. The van der Waals surface area contributed by atoms with Crippen molar-refractivity contribution in [3.8, 4) is 0 Å². The highest BCUT2D eigenvalue weighted by molar-refractivity contribution is 5.99. The first-order valence-electron chi connectivity index (χ1n) is 6.42. The van der Waals surface area contributed by atoms with Crippen molar-refractivity contribution >= 4 is 11.6 Å². The normalized spacial score (nSPS) is 10.3. The zero-order valence-corrected chi connectivity index (χ0v) is 11.3. The summed E-state index contributed by atoms with van der Waals surface area (Å²) < 4.78 is 15.5. The van der Waals surface area contributed by atoms with Gasteiger partial charge in [-0.05, 0) is 18.6 Å². The van der Waals surface area contributed by atoms with Crippen LogP contribution in [-0.2, 0) is 6.54 Å². The number of halogens is 1. The number of amides is 1. The second kappa shape index (κ2) is 6.70. The summed E-state index contributed by atoms with van der Waals surface area (Å²) in [6, 6.07) is 4.44. The molecule has 5 nitrogen and oxygen atoms in total. The Morgan fingerprint density at radius 1 is 1.45 bits per heavy atom. The van der Waals surface area contributed by atoms with Crippen LogP contribution >= 0.6 is 0 Å². The quantitative estimate of drug-likeness (QED) is 0.792. The van der Waals surface area contributed by atoms with Crippen LogP contribution in [0.1, 0.15) is 16.8 Å². The molecule has 1 amide bonds. The molecular formula is C14H17FN4O. The van der Waals surface area contributed by atoms with E-state index in [1.807, 2.05) is 10.8 Å². The van der Waals surface area contributed by atoms with Crippen LogP contribution in [0.2, 0.25) is 0 Å². The van der Waals surface area contributed by atoms with E-state index in [2.05, 4.69) is 15.6 Å². The van der Waals surface area contributed by atoms with Gasteiger partial charge in [-0.3, -0.25) is 4.79 Å². The number of imidazole rings is 1. The molecule has 106 valence electrons. The largest absolute Gasteiger partial charge is 0.385 e. The molecule has 0 saturated heterocycles. The smallest absolute Gasteiger partial charge is 0.253 e. The van der Waals surface area contributed by atoms with Gasteiger partial charge in [-0.25, -0.2) is 9.37 Å². The van der Waals surface area contributed by atoms with E-state index >= 15 is 0 Å². The zero-order valence-electron chi connectivity index (χ0n) is 11.3. The molecule has 0 unspecified atom stereocenters. The summed E-state index contributed by atoms with van der Waals surface area (Å²) in [5.74, 6) is -0.710. The molecule has 0 aliphatic rings. The van der Waals surface area contributed by atoms with Crippen LogP contribution in [-0.4, -0.2) is 29.1 Å². The van der Waals surface area contributed by atoms with Gasteiger partial charge in [0.2, 0.25) is 0 Å². The fourth-order valence-corrected chi connectivity index (χ4v) is 1.95. The summed E-state index contributed by atoms with van der Waals surface area (Å²) in [6.07, 6.45) is 6.10. The Labute approximate surface area is 116 Å². The molecular weight excluding hydrogens is 259 g/mol. The lowest BCUT2D eigenvalue weighted by Gasteiger charge is -2.10. The summed E-state index contributed by atoms with van der Waals surface area (Å²) >= 11 is 0. The summed E-state index contributed by atoms with van der Waals surface area (Å²) in [5, 5.41) is 5.49. The average Bonchev–Trinajstić information content (AvgIpc) is 2.96. The number of aromatic nitrogens is 2. The van der Waals surface area contributed by atoms with Gasteiger partial charge in [-0.15, -0.1) is 0 Å². The second-order valence-electron chi connectivity index (χ2n) is 4.32. The summed E-state index contributed by atoms with van der Waals surface area (Å²) in [5.41, 5.74) is 0.537. The minimum absolute atomic E-state index is 0.222. The average molecular weight is 276 g/mol. The maximum absolute atomic E-state index is 13.5. The first-order chi connectivity index (χ1) is 9.72. The number of carbonyl (C=O) groups is 1. The highest BCUT2D eigenvalue weighted by Gasteiger charge is 2.13. The number of rotatable bonds is 6. The Morgan fingerprint density at radius 3 is 3.00 bits per heavy atom. The van der Waals surface area contributed by atoms with Crippen molar-refractivity contribution in [2.45, 2.75) is 13.0 Å². The van der Waals surface area contributed by atoms with Crippen LogP contribution < -0.4 is 10.6 Å². The Kier molecular flexibility index (Phi) is 4.70. The van der Waals surface area contributed by atoms with E-state index in [0.29, 0.717) is 12.1 Å². The lowest BCUT2D eigenvalue weighted by molar-refractivity contribution is 0.0953. The van der Waals surface area contributed by atoms with Gasteiger partial charge in [0.15, 0.2) is 0 Å². The molecule has 0 aliphatic heterocycles. The van der Waals surface area contributed by atoms with E-state index < -0.39 is 5.82 Å². The number of nitrogens with one attached hydrogen (secondary N) is 2. The van der Waals surface area contributed by atoms with Crippen LogP contribution in [0.4, 0.5) is 10.1 Å². The predicted octanol–water partition coefficient (Wildman–Crippen LogP) is 1.88. The van der Waals surface area contributed by atoms with Gasteiger partial charge in [0.05, 0.1) is 17.6 Å². The molecule has 0 atom stereocenters. The van der Waals surface area contributed by atoms with E-state index in [-0.39, 0.29) is 11.6 Å². The molecule has 0 radical (unpaired) electrons. The first-order valence-corrected chi connectivity index (χ1v) is 6.42. The van der Waals surface area contributed by atoms with E-state index in [1.165, 1.54) is 12.1 Å². The van der Waals surface area contributed by atoms with Crippen LogP contribution in [0.3, 0.4) is 0 Å².